The van der Waals surface area contributed by atoms with Gasteiger partial charge in [0.1, 0.15) is 23.2 Å². The standard InChI is InChI=1S/C28H26P/c1-24-19-21-25(22-20-24)12-11-23-29(26-13-5-2-6-14-26,27-15-7-3-8-16-27)28-17-9-4-10-18-28/h2-22H,23H2,1H3/q+1. The Morgan fingerprint density at radius 1 is 0.552 bits per heavy atom. The molecule has 0 amide bonds. The van der Waals surface area contributed by atoms with Gasteiger partial charge in [-0.15, -0.1) is 0 Å². The van der Waals surface area contributed by atoms with Crippen LogP contribution >= 0.6 is 7.26 Å². The quantitative estimate of drug-likeness (QED) is 0.352. The second-order valence-corrected chi connectivity index (χ2v) is 10.8. The third-order valence-electron chi connectivity index (χ3n) is 5.36. The van der Waals surface area contributed by atoms with Crippen molar-refractivity contribution >= 4 is 29.3 Å². The molecule has 0 N–H and O–H groups in total. The Labute approximate surface area is 174 Å². The molecule has 4 rings (SSSR count). The number of hydrogen-bond acceptors (Lipinski definition) is 0. The Bertz CT molecular complexity index is 953. The summed E-state index contributed by atoms with van der Waals surface area (Å²) in [5.41, 5.74) is 2.55. The molecule has 29 heavy (non-hydrogen) atoms. The lowest BCUT2D eigenvalue weighted by molar-refractivity contribution is 1.46. The number of rotatable bonds is 6. The summed E-state index contributed by atoms with van der Waals surface area (Å²) in [5.74, 6) is 0. The zero-order valence-corrected chi connectivity index (χ0v) is 17.7. The van der Waals surface area contributed by atoms with E-state index >= 15 is 0 Å². The number of hydrogen-bond donors (Lipinski definition) is 0. The van der Waals surface area contributed by atoms with Crippen LogP contribution in [-0.2, 0) is 0 Å². The van der Waals surface area contributed by atoms with E-state index in [0.29, 0.717) is 0 Å². The molecule has 0 spiro atoms. The molecular weight excluding hydrogens is 367 g/mol. The predicted octanol–water partition coefficient (Wildman–Crippen LogP) is 6.00. The Balaban J connectivity index is 1.84. The lowest BCUT2D eigenvalue weighted by atomic mass is 10.1. The van der Waals surface area contributed by atoms with Crippen LogP contribution in [0, 0.1) is 6.92 Å². The van der Waals surface area contributed by atoms with Crippen LogP contribution in [0.15, 0.2) is 121 Å². The van der Waals surface area contributed by atoms with Gasteiger partial charge in [0.2, 0.25) is 0 Å². The molecule has 142 valence electrons. The molecule has 0 bridgehead atoms. The van der Waals surface area contributed by atoms with Gasteiger partial charge in [0.25, 0.3) is 0 Å². The molecule has 0 aliphatic carbocycles. The summed E-state index contributed by atoms with van der Waals surface area (Å²) in [6.45, 7) is 2.13. The van der Waals surface area contributed by atoms with E-state index in [0.717, 1.165) is 6.16 Å². The maximum absolute atomic E-state index is 2.37. The summed E-state index contributed by atoms with van der Waals surface area (Å²) < 4.78 is 0. The second-order valence-electron chi connectivity index (χ2n) is 7.31. The molecule has 0 saturated heterocycles. The van der Waals surface area contributed by atoms with Gasteiger partial charge in [-0.05, 0) is 55.0 Å². The van der Waals surface area contributed by atoms with Crippen LogP contribution in [0.25, 0.3) is 6.08 Å². The van der Waals surface area contributed by atoms with Crippen LogP contribution in [0.2, 0.25) is 0 Å². The fraction of sp³-hybridized carbons (Fsp3) is 0.0714. The van der Waals surface area contributed by atoms with Gasteiger partial charge in [-0.3, -0.25) is 0 Å². The van der Waals surface area contributed by atoms with Crippen LogP contribution in [0.1, 0.15) is 11.1 Å². The van der Waals surface area contributed by atoms with Crippen molar-refractivity contribution in [2.24, 2.45) is 0 Å². The third-order valence-corrected chi connectivity index (χ3v) is 9.66. The highest BCUT2D eigenvalue weighted by molar-refractivity contribution is 7.95. The summed E-state index contributed by atoms with van der Waals surface area (Å²) in [5, 5.41) is 4.27. The molecule has 1 heteroatoms. The zero-order chi connectivity index (χ0) is 19.9. The van der Waals surface area contributed by atoms with E-state index in [1.807, 2.05) is 0 Å². The van der Waals surface area contributed by atoms with Gasteiger partial charge >= 0.3 is 0 Å². The van der Waals surface area contributed by atoms with Crippen molar-refractivity contribution in [3.8, 4) is 0 Å². The number of benzene rings is 4. The normalized spacial score (nSPS) is 11.6. The molecule has 0 radical (unpaired) electrons. The molecule has 0 saturated carbocycles. The molecule has 0 heterocycles. The van der Waals surface area contributed by atoms with Crippen molar-refractivity contribution in [2.45, 2.75) is 6.92 Å². The first-order chi connectivity index (χ1) is 14.3. The molecular formula is C28H26P+. The minimum Gasteiger partial charge on any atom is -0.0620 e. The van der Waals surface area contributed by atoms with Crippen LogP contribution < -0.4 is 15.9 Å². The smallest absolute Gasteiger partial charge is 0.0620 e. The molecule has 0 unspecified atom stereocenters. The highest BCUT2D eigenvalue weighted by Gasteiger charge is 2.43. The highest BCUT2D eigenvalue weighted by Crippen LogP contribution is 2.55. The third kappa shape index (κ3) is 4.24. The SMILES string of the molecule is Cc1ccc(C=CC[P+](c2ccccc2)(c2ccccc2)c2ccccc2)cc1. The Kier molecular flexibility index (Phi) is 6.03. The van der Waals surface area contributed by atoms with Gasteiger partial charge in [0, 0.05) is 0 Å². The van der Waals surface area contributed by atoms with E-state index < -0.39 is 7.26 Å². The Morgan fingerprint density at radius 2 is 0.966 bits per heavy atom. The van der Waals surface area contributed by atoms with Crippen LogP contribution in [-0.4, -0.2) is 6.16 Å². The maximum atomic E-state index is 2.37. The monoisotopic (exact) mass is 393 g/mol. The first kappa shape index (κ1) is 19.4. The summed E-state index contributed by atoms with van der Waals surface area (Å²) in [7, 11) is -1.79. The average Bonchev–Trinajstić information content (AvgIpc) is 2.80. The van der Waals surface area contributed by atoms with E-state index in [9.17, 15) is 0 Å². The maximum Gasteiger partial charge on any atom is 0.115 e. The topological polar surface area (TPSA) is 0 Å². The number of aryl methyl sites for hydroxylation is 1. The minimum absolute atomic E-state index is 0.999. The van der Waals surface area contributed by atoms with E-state index in [1.54, 1.807) is 0 Å². The van der Waals surface area contributed by atoms with Crippen LogP contribution in [0.5, 0.6) is 0 Å². The first-order valence-corrected chi connectivity index (χ1v) is 12.0. The molecule has 0 aliphatic heterocycles. The summed E-state index contributed by atoms with van der Waals surface area (Å²) in [6.07, 6.45) is 5.63. The first-order valence-electron chi connectivity index (χ1n) is 10.1. The second kappa shape index (κ2) is 9.03. The number of allylic oxidation sites excluding steroid dienone is 1. The van der Waals surface area contributed by atoms with E-state index in [2.05, 4.69) is 134 Å². The zero-order valence-electron chi connectivity index (χ0n) is 16.8. The molecule has 0 fully saturated rings. The highest BCUT2D eigenvalue weighted by atomic mass is 31.2. The minimum atomic E-state index is -1.79. The lowest BCUT2D eigenvalue weighted by Crippen LogP contribution is -2.32. The largest absolute Gasteiger partial charge is 0.115 e. The van der Waals surface area contributed by atoms with E-state index in [4.69, 9.17) is 0 Å². The molecule has 0 nitrogen and oxygen atoms in total. The van der Waals surface area contributed by atoms with Crippen molar-refractivity contribution in [1.29, 1.82) is 0 Å². The van der Waals surface area contributed by atoms with Gasteiger partial charge in [0.05, 0.1) is 6.16 Å². The summed E-state index contributed by atoms with van der Waals surface area (Å²) in [6, 6.07) is 41.9. The van der Waals surface area contributed by atoms with Crippen molar-refractivity contribution in [3.05, 3.63) is 132 Å². The summed E-state index contributed by atoms with van der Waals surface area (Å²) in [4.78, 5) is 0. The molecule has 4 aromatic carbocycles. The Hall–Kier alpha value is -2.95. The van der Waals surface area contributed by atoms with Crippen LogP contribution in [0.3, 0.4) is 0 Å². The van der Waals surface area contributed by atoms with Crippen molar-refractivity contribution in [1.82, 2.24) is 0 Å². The van der Waals surface area contributed by atoms with E-state index in [-0.39, 0.29) is 0 Å². The summed E-state index contributed by atoms with van der Waals surface area (Å²) >= 11 is 0. The van der Waals surface area contributed by atoms with Crippen molar-refractivity contribution in [3.63, 3.8) is 0 Å². The lowest BCUT2D eigenvalue weighted by Gasteiger charge is -2.26. The van der Waals surface area contributed by atoms with E-state index in [1.165, 1.54) is 27.0 Å². The van der Waals surface area contributed by atoms with Gasteiger partial charge < -0.3 is 0 Å². The van der Waals surface area contributed by atoms with Crippen LogP contribution in [0.4, 0.5) is 0 Å². The van der Waals surface area contributed by atoms with Gasteiger partial charge in [-0.2, -0.15) is 0 Å². The van der Waals surface area contributed by atoms with Crippen molar-refractivity contribution < 1.29 is 0 Å². The predicted molar refractivity (Wildman–Crippen MR) is 130 cm³/mol. The molecule has 0 aliphatic rings. The van der Waals surface area contributed by atoms with Gasteiger partial charge in [0.15, 0.2) is 0 Å². The van der Waals surface area contributed by atoms with Gasteiger partial charge in [-0.25, -0.2) is 0 Å². The molecule has 0 aromatic heterocycles. The van der Waals surface area contributed by atoms with Gasteiger partial charge in [-0.1, -0.05) is 90.5 Å². The molecule has 0 atom stereocenters. The average molecular weight is 393 g/mol. The molecule has 4 aromatic rings. The Morgan fingerprint density at radius 3 is 1.38 bits per heavy atom. The van der Waals surface area contributed by atoms with Crippen molar-refractivity contribution in [2.75, 3.05) is 6.16 Å². The fourth-order valence-electron chi connectivity index (χ4n) is 3.84. The fourth-order valence-corrected chi connectivity index (χ4v) is 7.83.